The molecule has 0 aliphatic heterocycles. The molecule has 0 saturated heterocycles. The second-order valence-corrected chi connectivity index (χ2v) is 10.6. The number of thiazole rings is 1. The van der Waals surface area contributed by atoms with Gasteiger partial charge >= 0.3 is 0 Å². The molecule has 188 valence electrons. The third-order valence-corrected chi connectivity index (χ3v) is 7.56. The van der Waals surface area contributed by atoms with E-state index in [0.29, 0.717) is 35.6 Å². The van der Waals surface area contributed by atoms with E-state index in [2.05, 4.69) is 25.7 Å². The van der Waals surface area contributed by atoms with E-state index >= 15 is 0 Å². The summed E-state index contributed by atoms with van der Waals surface area (Å²) in [6.07, 6.45) is 10.2. The van der Waals surface area contributed by atoms with E-state index in [1.807, 2.05) is 31.2 Å². The van der Waals surface area contributed by atoms with Gasteiger partial charge in [0, 0.05) is 36.3 Å². The summed E-state index contributed by atoms with van der Waals surface area (Å²) < 4.78 is 28.0. The lowest BCUT2D eigenvalue weighted by molar-refractivity contribution is 0.306. The Balaban J connectivity index is 1.23. The van der Waals surface area contributed by atoms with Crippen LogP contribution in [-0.4, -0.2) is 19.5 Å². The van der Waals surface area contributed by atoms with E-state index in [-0.39, 0.29) is 0 Å². The lowest BCUT2D eigenvalue weighted by Gasteiger charge is -2.11. The number of rotatable bonds is 7. The predicted octanol–water partition coefficient (Wildman–Crippen LogP) is 6.94. The van der Waals surface area contributed by atoms with Gasteiger partial charge in [0.25, 0.3) is 0 Å². The van der Waals surface area contributed by atoms with Crippen LogP contribution in [0.3, 0.4) is 0 Å². The SMILES string of the molecule is Cc1ncc(COc2cc(F)cc(Oc3ccc(-n4cc(C5CCCC5)c5ncnc(N)c54)cc3)c2)s1. The number of nitrogen functional groups attached to an aromatic ring is 1. The second-order valence-electron chi connectivity index (χ2n) is 9.24. The van der Waals surface area contributed by atoms with Crippen molar-refractivity contribution in [1.29, 1.82) is 0 Å². The van der Waals surface area contributed by atoms with Crippen LogP contribution in [-0.2, 0) is 6.61 Å². The largest absolute Gasteiger partial charge is 0.488 e. The topological polar surface area (TPSA) is 88.1 Å². The van der Waals surface area contributed by atoms with Gasteiger partial charge in [-0.25, -0.2) is 19.3 Å². The highest BCUT2D eigenvalue weighted by Gasteiger charge is 2.24. The zero-order valence-electron chi connectivity index (χ0n) is 20.4. The molecule has 1 saturated carbocycles. The number of ether oxygens (including phenoxy) is 2. The first-order valence-electron chi connectivity index (χ1n) is 12.3. The second kappa shape index (κ2) is 9.82. The van der Waals surface area contributed by atoms with Gasteiger partial charge in [0.1, 0.15) is 41.5 Å². The van der Waals surface area contributed by atoms with Crippen LogP contribution in [0.5, 0.6) is 17.2 Å². The van der Waals surface area contributed by atoms with Crippen LogP contribution in [0.1, 0.15) is 47.0 Å². The zero-order chi connectivity index (χ0) is 25.4. The average Bonchev–Trinajstić information content (AvgIpc) is 3.63. The number of hydrogen-bond acceptors (Lipinski definition) is 7. The molecule has 2 N–H and O–H groups in total. The van der Waals surface area contributed by atoms with Crippen molar-refractivity contribution in [3.8, 4) is 22.9 Å². The van der Waals surface area contributed by atoms with Crippen molar-refractivity contribution in [3.05, 3.63) is 82.5 Å². The van der Waals surface area contributed by atoms with E-state index < -0.39 is 5.82 Å². The van der Waals surface area contributed by atoms with Gasteiger partial charge in [-0.3, -0.25) is 0 Å². The fraction of sp³-hybridized carbons (Fsp3) is 0.250. The number of aromatic nitrogens is 4. The lowest BCUT2D eigenvalue weighted by atomic mass is 10.00. The molecule has 1 aliphatic rings. The summed E-state index contributed by atoms with van der Waals surface area (Å²) in [5.74, 6) is 1.84. The highest BCUT2D eigenvalue weighted by atomic mass is 32.1. The minimum atomic E-state index is -0.432. The Morgan fingerprint density at radius 2 is 1.81 bits per heavy atom. The predicted molar refractivity (Wildman–Crippen MR) is 142 cm³/mol. The van der Waals surface area contributed by atoms with Crippen LogP contribution in [0, 0.1) is 12.7 Å². The van der Waals surface area contributed by atoms with E-state index in [4.69, 9.17) is 15.2 Å². The third kappa shape index (κ3) is 4.86. The van der Waals surface area contributed by atoms with E-state index in [1.165, 1.54) is 49.7 Å². The third-order valence-electron chi connectivity index (χ3n) is 6.67. The molecule has 0 bridgehead atoms. The molecular formula is C28H26FN5O2S. The molecule has 37 heavy (non-hydrogen) atoms. The van der Waals surface area contributed by atoms with Gasteiger partial charge in [-0.05, 0) is 55.5 Å². The van der Waals surface area contributed by atoms with Gasteiger partial charge < -0.3 is 19.8 Å². The first kappa shape index (κ1) is 23.4. The molecule has 0 radical (unpaired) electrons. The summed E-state index contributed by atoms with van der Waals surface area (Å²) in [4.78, 5) is 14.0. The maximum absolute atomic E-state index is 14.3. The Bertz CT molecular complexity index is 1560. The highest BCUT2D eigenvalue weighted by molar-refractivity contribution is 7.11. The average molecular weight is 516 g/mol. The quantitative estimate of drug-likeness (QED) is 0.253. The normalized spacial score (nSPS) is 13.9. The molecule has 0 spiro atoms. The molecule has 1 aliphatic carbocycles. The van der Waals surface area contributed by atoms with Crippen LogP contribution in [0.2, 0.25) is 0 Å². The Morgan fingerprint density at radius 1 is 1.03 bits per heavy atom. The molecule has 3 heterocycles. The number of nitrogens with two attached hydrogens (primary N) is 1. The van der Waals surface area contributed by atoms with E-state index in [9.17, 15) is 4.39 Å². The number of hydrogen-bond donors (Lipinski definition) is 1. The van der Waals surface area contributed by atoms with Gasteiger partial charge in [0.05, 0.1) is 15.4 Å². The maximum atomic E-state index is 14.3. The smallest absolute Gasteiger partial charge is 0.151 e. The van der Waals surface area contributed by atoms with Gasteiger partial charge in [0.2, 0.25) is 0 Å². The van der Waals surface area contributed by atoms with Crippen molar-refractivity contribution in [2.45, 2.75) is 45.1 Å². The zero-order valence-corrected chi connectivity index (χ0v) is 21.2. The summed E-state index contributed by atoms with van der Waals surface area (Å²) in [7, 11) is 0. The van der Waals surface area contributed by atoms with Gasteiger partial charge in [-0.1, -0.05) is 12.8 Å². The number of benzene rings is 2. The number of nitrogens with zero attached hydrogens (tertiary/aromatic N) is 4. The molecular weight excluding hydrogens is 489 g/mol. The lowest BCUT2D eigenvalue weighted by Crippen LogP contribution is -1.99. The van der Waals surface area contributed by atoms with Crippen molar-refractivity contribution in [2.24, 2.45) is 0 Å². The number of anilines is 1. The van der Waals surface area contributed by atoms with Crippen molar-refractivity contribution in [1.82, 2.24) is 19.5 Å². The summed E-state index contributed by atoms with van der Waals surface area (Å²) in [5, 5.41) is 0.961. The number of aryl methyl sites for hydroxylation is 1. The first-order valence-corrected chi connectivity index (χ1v) is 13.1. The molecule has 7 nitrogen and oxygen atoms in total. The standard InChI is InChI=1S/C28H26FN5O2S/c1-17-31-13-24(37-17)15-35-22-10-19(29)11-23(12-22)36-21-8-6-20(7-9-21)34-14-25(18-4-2-3-5-18)26-27(34)28(30)33-16-32-26/h6-14,16,18H,2-5,15H2,1H3,(H2,30,32,33). The number of halogens is 1. The van der Waals surface area contributed by atoms with Crippen molar-refractivity contribution < 1.29 is 13.9 Å². The van der Waals surface area contributed by atoms with Crippen molar-refractivity contribution >= 4 is 28.2 Å². The molecule has 0 unspecified atom stereocenters. The fourth-order valence-corrected chi connectivity index (χ4v) is 5.67. The molecule has 6 rings (SSSR count). The van der Waals surface area contributed by atoms with Gasteiger partial charge in [0.15, 0.2) is 5.82 Å². The fourth-order valence-electron chi connectivity index (χ4n) is 4.96. The van der Waals surface area contributed by atoms with Crippen LogP contribution in [0.25, 0.3) is 16.7 Å². The summed E-state index contributed by atoms with van der Waals surface area (Å²) in [6, 6.07) is 11.9. The summed E-state index contributed by atoms with van der Waals surface area (Å²) in [6.45, 7) is 2.26. The molecule has 5 aromatic rings. The van der Waals surface area contributed by atoms with E-state index in [1.54, 1.807) is 23.6 Å². The monoisotopic (exact) mass is 515 g/mol. The van der Waals surface area contributed by atoms with Crippen LogP contribution >= 0.6 is 11.3 Å². The van der Waals surface area contributed by atoms with Crippen LogP contribution in [0.15, 0.2) is 61.2 Å². The minimum absolute atomic E-state index is 0.323. The van der Waals surface area contributed by atoms with E-state index in [0.717, 1.165) is 26.6 Å². The maximum Gasteiger partial charge on any atom is 0.151 e. The molecule has 2 aromatic carbocycles. The Morgan fingerprint density at radius 3 is 2.57 bits per heavy atom. The molecule has 0 amide bonds. The molecule has 1 fully saturated rings. The number of fused-ring (bicyclic) bond motifs is 1. The highest BCUT2D eigenvalue weighted by Crippen LogP contribution is 2.39. The summed E-state index contributed by atoms with van der Waals surface area (Å²) >= 11 is 1.55. The molecule has 9 heteroatoms. The first-order chi connectivity index (χ1) is 18.0. The van der Waals surface area contributed by atoms with Gasteiger partial charge in [-0.2, -0.15) is 0 Å². The Kier molecular flexibility index (Phi) is 6.21. The Labute approximate surface area is 217 Å². The van der Waals surface area contributed by atoms with Crippen LogP contribution in [0.4, 0.5) is 10.2 Å². The van der Waals surface area contributed by atoms with Crippen molar-refractivity contribution in [2.75, 3.05) is 5.73 Å². The summed E-state index contributed by atoms with van der Waals surface area (Å²) in [5.41, 5.74) is 10.2. The Hall–Kier alpha value is -3.98. The van der Waals surface area contributed by atoms with Crippen molar-refractivity contribution in [3.63, 3.8) is 0 Å². The van der Waals surface area contributed by atoms with Crippen LogP contribution < -0.4 is 15.2 Å². The molecule has 0 atom stereocenters. The molecule has 3 aromatic heterocycles. The minimum Gasteiger partial charge on any atom is -0.488 e. The van der Waals surface area contributed by atoms with Gasteiger partial charge in [-0.15, -0.1) is 11.3 Å².